The molecule has 2 heterocycles. The van der Waals surface area contributed by atoms with Gasteiger partial charge in [0.1, 0.15) is 0 Å². The Hall–Kier alpha value is -3.42. The standard InChI is InChI=1S/C22H17N3O3S/c26-19-13-15(11-12-23-19)18-14-24-21(29-18)25-20(27)22(28,16-7-3-1-4-8-16)17-9-5-2-6-10-17/h1-12,14,28H,13H2,(H,24,25,27). The molecule has 2 aromatic carbocycles. The van der Waals surface area contributed by atoms with Crippen molar-refractivity contribution in [3.8, 4) is 0 Å². The van der Waals surface area contributed by atoms with Crippen LogP contribution >= 0.6 is 11.3 Å². The second kappa shape index (κ2) is 7.90. The molecule has 7 heteroatoms. The Labute approximate surface area is 171 Å². The first-order valence-electron chi connectivity index (χ1n) is 8.94. The van der Waals surface area contributed by atoms with Crippen LogP contribution in [-0.2, 0) is 15.2 Å². The third-order valence-corrected chi connectivity index (χ3v) is 5.58. The molecule has 0 saturated carbocycles. The number of aliphatic hydroxyl groups is 1. The van der Waals surface area contributed by atoms with Gasteiger partial charge in [0.05, 0.1) is 11.3 Å². The van der Waals surface area contributed by atoms with E-state index in [2.05, 4.69) is 15.3 Å². The van der Waals surface area contributed by atoms with Gasteiger partial charge in [-0.2, -0.15) is 0 Å². The van der Waals surface area contributed by atoms with Gasteiger partial charge in [0.25, 0.3) is 5.91 Å². The maximum atomic E-state index is 13.2. The second-order valence-electron chi connectivity index (χ2n) is 6.47. The third kappa shape index (κ3) is 3.78. The topological polar surface area (TPSA) is 91.7 Å². The Morgan fingerprint density at radius 1 is 1.03 bits per heavy atom. The minimum atomic E-state index is -1.87. The smallest absolute Gasteiger partial charge is 0.267 e. The van der Waals surface area contributed by atoms with Crippen molar-refractivity contribution in [2.75, 3.05) is 5.32 Å². The van der Waals surface area contributed by atoms with Crippen molar-refractivity contribution >= 4 is 40.1 Å². The highest BCUT2D eigenvalue weighted by atomic mass is 32.1. The first-order chi connectivity index (χ1) is 14.1. The van der Waals surface area contributed by atoms with Crippen molar-refractivity contribution < 1.29 is 14.7 Å². The van der Waals surface area contributed by atoms with E-state index >= 15 is 0 Å². The van der Waals surface area contributed by atoms with E-state index in [1.165, 1.54) is 17.6 Å². The lowest BCUT2D eigenvalue weighted by atomic mass is 9.85. The van der Waals surface area contributed by atoms with Gasteiger partial charge in [0.2, 0.25) is 5.91 Å². The molecule has 0 spiro atoms. The minimum Gasteiger partial charge on any atom is -0.372 e. The lowest BCUT2D eigenvalue weighted by Crippen LogP contribution is -2.41. The summed E-state index contributed by atoms with van der Waals surface area (Å²) in [7, 11) is 0. The minimum absolute atomic E-state index is 0.198. The second-order valence-corrected chi connectivity index (χ2v) is 7.50. The summed E-state index contributed by atoms with van der Waals surface area (Å²) in [4.78, 5) is 33.4. The van der Waals surface area contributed by atoms with Crippen LogP contribution in [0.4, 0.5) is 5.13 Å². The van der Waals surface area contributed by atoms with E-state index in [-0.39, 0.29) is 12.3 Å². The number of amides is 2. The van der Waals surface area contributed by atoms with Crippen LogP contribution in [0.15, 0.2) is 77.9 Å². The van der Waals surface area contributed by atoms with E-state index in [1.807, 2.05) is 12.1 Å². The number of allylic oxidation sites excluding steroid dienone is 1. The molecular formula is C22H17N3O3S. The van der Waals surface area contributed by atoms with Gasteiger partial charge >= 0.3 is 0 Å². The number of rotatable bonds is 5. The van der Waals surface area contributed by atoms with E-state index < -0.39 is 11.5 Å². The van der Waals surface area contributed by atoms with Crippen LogP contribution in [0, 0.1) is 0 Å². The summed E-state index contributed by atoms with van der Waals surface area (Å²) in [6, 6.07) is 17.5. The molecule has 144 valence electrons. The lowest BCUT2D eigenvalue weighted by Gasteiger charge is -2.27. The van der Waals surface area contributed by atoms with E-state index in [0.717, 1.165) is 10.5 Å². The van der Waals surface area contributed by atoms with E-state index in [4.69, 9.17) is 0 Å². The molecule has 0 bridgehead atoms. The highest BCUT2D eigenvalue weighted by Gasteiger charge is 2.40. The van der Waals surface area contributed by atoms with Crippen LogP contribution in [0.2, 0.25) is 0 Å². The molecule has 1 aliphatic heterocycles. The van der Waals surface area contributed by atoms with Crippen molar-refractivity contribution in [2.24, 2.45) is 4.99 Å². The number of aliphatic imine (C=N–C) groups is 1. The van der Waals surface area contributed by atoms with E-state index in [1.54, 1.807) is 60.8 Å². The number of benzene rings is 2. The number of hydrogen-bond donors (Lipinski definition) is 2. The summed E-state index contributed by atoms with van der Waals surface area (Å²) in [6.07, 6.45) is 5.01. The van der Waals surface area contributed by atoms with Gasteiger partial charge in [-0.15, -0.1) is 0 Å². The number of anilines is 1. The fraction of sp³-hybridized carbons (Fsp3) is 0.0909. The predicted molar refractivity (Wildman–Crippen MR) is 113 cm³/mol. The first-order valence-corrected chi connectivity index (χ1v) is 9.76. The lowest BCUT2D eigenvalue weighted by molar-refractivity contribution is -0.131. The molecule has 0 fully saturated rings. The molecule has 2 amide bonds. The number of nitrogens with one attached hydrogen (secondary N) is 1. The van der Waals surface area contributed by atoms with Crippen LogP contribution in [-0.4, -0.2) is 28.1 Å². The highest BCUT2D eigenvalue weighted by Crippen LogP contribution is 2.33. The molecule has 0 unspecified atom stereocenters. The van der Waals surface area contributed by atoms with Crippen LogP contribution in [0.25, 0.3) is 5.57 Å². The summed E-state index contributed by atoms with van der Waals surface area (Å²) in [5.74, 6) is -0.824. The third-order valence-electron chi connectivity index (χ3n) is 4.59. The van der Waals surface area contributed by atoms with Crippen molar-refractivity contribution in [2.45, 2.75) is 12.0 Å². The molecule has 0 aliphatic carbocycles. The number of carbonyl (C=O) groups excluding carboxylic acids is 2. The summed E-state index contributed by atoms with van der Waals surface area (Å²) >= 11 is 1.24. The number of dihydropyridines is 1. The molecule has 3 aromatic rings. The van der Waals surface area contributed by atoms with Gasteiger partial charge in [-0.05, 0) is 22.8 Å². The Kier molecular flexibility index (Phi) is 5.16. The van der Waals surface area contributed by atoms with E-state index in [9.17, 15) is 14.7 Å². The maximum absolute atomic E-state index is 13.2. The Bertz CT molecular complexity index is 1070. The van der Waals surface area contributed by atoms with Gasteiger partial charge in [-0.3, -0.25) is 14.9 Å². The van der Waals surface area contributed by atoms with Crippen LogP contribution in [0.3, 0.4) is 0 Å². The summed E-state index contributed by atoms with van der Waals surface area (Å²) < 4.78 is 0. The Morgan fingerprint density at radius 3 is 2.24 bits per heavy atom. The molecule has 1 aromatic heterocycles. The average Bonchev–Trinajstić information content (AvgIpc) is 3.23. The molecule has 0 radical (unpaired) electrons. The number of carbonyl (C=O) groups is 2. The van der Waals surface area contributed by atoms with E-state index in [0.29, 0.717) is 16.3 Å². The van der Waals surface area contributed by atoms with Gasteiger partial charge < -0.3 is 5.11 Å². The highest BCUT2D eigenvalue weighted by molar-refractivity contribution is 7.16. The van der Waals surface area contributed by atoms with Crippen molar-refractivity contribution in [3.05, 3.63) is 88.9 Å². The number of thiazole rings is 1. The number of hydrogen-bond acceptors (Lipinski definition) is 5. The van der Waals surface area contributed by atoms with Crippen molar-refractivity contribution in [1.29, 1.82) is 0 Å². The Balaban J connectivity index is 1.64. The molecule has 4 rings (SSSR count). The quantitative estimate of drug-likeness (QED) is 0.683. The summed E-state index contributed by atoms with van der Waals surface area (Å²) in [5, 5.41) is 14.5. The first kappa shape index (κ1) is 18.9. The maximum Gasteiger partial charge on any atom is 0.267 e. The fourth-order valence-corrected chi connectivity index (χ4v) is 3.94. The zero-order valence-electron chi connectivity index (χ0n) is 15.3. The van der Waals surface area contributed by atoms with Gasteiger partial charge in [0, 0.05) is 12.4 Å². The zero-order valence-corrected chi connectivity index (χ0v) is 16.1. The van der Waals surface area contributed by atoms with Gasteiger partial charge in [0.15, 0.2) is 10.7 Å². The molecule has 0 atom stereocenters. The molecule has 6 nitrogen and oxygen atoms in total. The van der Waals surface area contributed by atoms with Crippen LogP contribution in [0.1, 0.15) is 22.4 Å². The summed E-state index contributed by atoms with van der Waals surface area (Å²) in [5.41, 5.74) is -0.167. The molecular weight excluding hydrogens is 386 g/mol. The SMILES string of the molecule is O=C1CC(c2cnc(NC(=O)C(O)(c3ccccc3)c3ccccc3)s2)=CC=N1. The normalized spacial score (nSPS) is 13.8. The number of aromatic nitrogens is 1. The van der Waals surface area contributed by atoms with Gasteiger partial charge in [-0.25, -0.2) is 9.98 Å². The van der Waals surface area contributed by atoms with Gasteiger partial charge in [-0.1, -0.05) is 72.0 Å². The Morgan fingerprint density at radius 2 is 1.66 bits per heavy atom. The fourth-order valence-electron chi connectivity index (χ4n) is 3.10. The number of nitrogens with zero attached hydrogens (tertiary/aromatic N) is 2. The van der Waals surface area contributed by atoms with Crippen molar-refractivity contribution in [1.82, 2.24) is 4.98 Å². The van der Waals surface area contributed by atoms with Crippen LogP contribution < -0.4 is 5.32 Å². The molecule has 2 N–H and O–H groups in total. The average molecular weight is 403 g/mol. The largest absolute Gasteiger partial charge is 0.372 e. The zero-order chi connectivity index (χ0) is 20.3. The predicted octanol–water partition coefficient (Wildman–Crippen LogP) is 3.40. The summed E-state index contributed by atoms with van der Waals surface area (Å²) in [6.45, 7) is 0. The monoisotopic (exact) mass is 403 g/mol. The molecule has 29 heavy (non-hydrogen) atoms. The molecule has 1 aliphatic rings. The molecule has 0 saturated heterocycles. The van der Waals surface area contributed by atoms with Crippen LogP contribution in [0.5, 0.6) is 0 Å². The van der Waals surface area contributed by atoms with Crippen molar-refractivity contribution in [3.63, 3.8) is 0 Å².